The molecule has 2 aromatic rings. The molecule has 2 rings (SSSR count). The maximum atomic E-state index is 11.6. The summed E-state index contributed by atoms with van der Waals surface area (Å²) in [6.07, 6.45) is 0.913. The first-order valence-corrected chi connectivity index (χ1v) is 7.41. The molecular formula is C15H18N2O2S. The molecule has 0 saturated heterocycles. The molecular weight excluding hydrogens is 272 g/mol. The normalized spacial score (nSPS) is 12.2. The SMILES string of the molecule is CCC(C)Oc1cc(=O)[nH]c(Sc2cccc(C)c2)n1. The zero-order chi connectivity index (χ0) is 14.5. The summed E-state index contributed by atoms with van der Waals surface area (Å²) in [6.45, 7) is 6.01. The van der Waals surface area contributed by atoms with Crippen molar-refractivity contribution >= 4 is 11.8 Å². The van der Waals surface area contributed by atoms with Crippen molar-refractivity contribution in [3.05, 3.63) is 46.2 Å². The lowest BCUT2D eigenvalue weighted by Gasteiger charge is -2.11. The van der Waals surface area contributed by atoms with Crippen LogP contribution in [0.15, 0.2) is 45.2 Å². The zero-order valence-electron chi connectivity index (χ0n) is 11.8. The number of ether oxygens (including phenoxy) is 1. The van der Waals surface area contributed by atoms with E-state index in [1.165, 1.54) is 23.4 Å². The van der Waals surface area contributed by atoms with Gasteiger partial charge in [-0.25, -0.2) is 0 Å². The molecule has 0 amide bonds. The molecule has 0 aliphatic heterocycles. The summed E-state index contributed by atoms with van der Waals surface area (Å²) < 4.78 is 5.60. The number of benzene rings is 1. The van der Waals surface area contributed by atoms with Crippen molar-refractivity contribution in [3.8, 4) is 5.88 Å². The predicted molar refractivity (Wildman–Crippen MR) is 80.5 cm³/mol. The molecule has 4 nitrogen and oxygen atoms in total. The first-order valence-electron chi connectivity index (χ1n) is 6.59. The van der Waals surface area contributed by atoms with E-state index in [4.69, 9.17) is 4.74 Å². The highest BCUT2D eigenvalue weighted by atomic mass is 32.2. The van der Waals surface area contributed by atoms with Crippen molar-refractivity contribution < 1.29 is 4.74 Å². The van der Waals surface area contributed by atoms with Gasteiger partial charge >= 0.3 is 0 Å². The third kappa shape index (κ3) is 4.13. The van der Waals surface area contributed by atoms with Crippen molar-refractivity contribution in [1.29, 1.82) is 0 Å². The first-order chi connectivity index (χ1) is 9.56. The third-order valence-electron chi connectivity index (χ3n) is 2.80. The van der Waals surface area contributed by atoms with Gasteiger partial charge in [-0.05, 0) is 32.4 Å². The van der Waals surface area contributed by atoms with Crippen molar-refractivity contribution in [2.75, 3.05) is 0 Å². The van der Waals surface area contributed by atoms with E-state index in [-0.39, 0.29) is 11.7 Å². The smallest absolute Gasteiger partial charge is 0.255 e. The van der Waals surface area contributed by atoms with Gasteiger partial charge < -0.3 is 9.72 Å². The number of aryl methyl sites for hydroxylation is 1. The Morgan fingerprint density at radius 1 is 1.40 bits per heavy atom. The lowest BCUT2D eigenvalue weighted by Crippen LogP contribution is -2.15. The second-order valence-corrected chi connectivity index (χ2v) is 5.71. The molecule has 1 unspecified atom stereocenters. The second kappa shape index (κ2) is 6.61. The van der Waals surface area contributed by atoms with Crippen LogP contribution >= 0.6 is 11.8 Å². The summed E-state index contributed by atoms with van der Waals surface area (Å²) in [6, 6.07) is 9.43. The zero-order valence-corrected chi connectivity index (χ0v) is 12.7. The molecule has 0 aliphatic rings. The molecule has 0 aliphatic carbocycles. The number of H-pyrrole nitrogens is 1. The van der Waals surface area contributed by atoms with Gasteiger partial charge in [0, 0.05) is 4.90 Å². The van der Waals surface area contributed by atoms with Crippen LogP contribution in [0.1, 0.15) is 25.8 Å². The lowest BCUT2D eigenvalue weighted by molar-refractivity contribution is 0.206. The Morgan fingerprint density at radius 2 is 2.20 bits per heavy atom. The van der Waals surface area contributed by atoms with Gasteiger partial charge in [-0.15, -0.1) is 0 Å². The molecule has 1 aromatic heterocycles. The maximum absolute atomic E-state index is 11.6. The van der Waals surface area contributed by atoms with Gasteiger partial charge in [0.1, 0.15) is 0 Å². The van der Waals surface area contributed by atoms with E-state index in [0.29, 0.717) is 11.0 Å². The van der Waals surface area contributed by atoms with Gasteiger partial charge in [0.25, 0.3) is 5.56 Å². The molecule has 106 valence electrons. The van der Waals surface area contributed by atoms with E-state index in [2.05, 4.69) is 9.97 Å². The Kier molecular flexibility index (Phi) is 4.84. The predicted octanol–water partition coefficient (Wildman–Crippen LogP) is 3.41. The lowest BCUT2D eigenvalue weighted by atomic mass is 10.2. The number of rotatable bonds is 5. The van der Waals surface area contributed by atoms with Crippen LogP contribution in [0.3, 0.4) is 0 Å². The first kappa shape index (κ1) is 14.7. The van der Waals surface area contributed by atoms with Gasteiger partial charge in [-0.3, -0.25) is 4.79 Å². The van der Waals surface area contributed by atoms with Crippen LogP contribution in [0.5, 0.6) is 5.88 Å². The fourth-order valence-electron chi connectivity index (χ4n) is 1.60. The van der Waals surface area contributed by atoms with Gasteiger partial charge in [0.2, 0.25) is 5.88 Å². The van der Waals surface area contributed by atoms with Crippen LogP contribution in [0, 0.1) is 6.92 Å². The fraction of sp³-hybridized carbons (Fsp3) is 0.333. The molecule has 0 saturated carbocycles. The molecule has 1 heterocycles. The molecule has 0 spiro atoms. The van der Waals surface area contributed by atoms with E-state index < -0.39 is 0 Å². The molecule has 1 atom stereocenters. The monoisotopic (exact) mass is 290 g/mol. The van der Waals surface area contributed by atoms with E-state index in [1.54, 1.807) is 0 Å². The van der Waals surface area contributed by atoms with Gasteiger partial charge in [-0.2, -0.15) is 4.98 Å². The Labute approximate surface area is 122 Å². The summed E-state index contributed by atoms with van der Waals surface area (Å²) >= 11 is 1.42. The molecule has 5 heteroatoms. The van der Waals surface area contributed by atoms with E-state index in [9.17, 15) is 4.79 Å². The van der Waals surface area contributed by atoms with E-state index >= 15 is 0 Å². The van der Waals surface area contributed by atoms with Crippen LogP contribution in [0.2, 0.25) is 0 Å². The van der Waals surface area contributed by atoms with Gasteiger partial charge in [0.15, 0.2) is 5.16 Å². The summed E-state index contributed by atoms with van der Waals surface area (Å²) in [5.41, 5.74) is 0.970. The van der Waals surface area contributed by atoms with Crippen molar-refractivity contribution in [1.82, 2.24) is 9.97 Å². The van der Waals surface area contributed by atoms with Crippen LogP contribution in [0.4, 0.5) is 0 Å². The summed E-state index contributed by atoms with van der Waals surface area (Å²) in [5, 5.41) is 0.543. The van der Waals surface area contributed by atoms with Crippen molar-refractivity contribution in [3.63, 3.8) is 0 Å². The highest BCUT2D eigenvalue weighted by Gasteiger charge is 2.07. The minimum Gasteiger partial charge on any atom is -0.474 e. The number of nitrogens with one attached hydrogen (secondary N) is 1. The fourth-order valence-corrected chi connectivity index (χ4v) is 2.50. The number of hydrogen-bond acceptors (Lipinski definition) is 4. The highest BCUT2D eigenvalue weighted by molar-refractivity contribution is 7.99. The average Bonchev–Trinajstić information content (AvgIpc) is 2.37. The van der Waals surface area contributed by atoms with Crippen LogP contribution in [0.25, 0.3) is 0 Å². The Balaban J connectivity index is 2.21. The number of hydrogen-bond donors (Lipinski definition) is 1. The van der Waals surface area contributed by atoms with Crippen LogP contribution < -0.4 is 10.3 Å². The Hall–Kier alpha value is -1.75. The molecule has 1 N–H and O–H groups in total. The van der Waals surface area contributed by atoms with Crippen molar-refractivity contribution in [2.45, 2.75) is 43.3 Å². The molecule has 0 radical (unpaired) electrons. The minimum absolute atomic E-state index is 0.0427. The van der Waals surface area contributed by atoms with Gasteiger partial charge in [0.05, 0.1) is 12.2 Å². The number of aromatic amines is 1. The summed E-state index contributed by atoms with van der Waals surface area (Å²) in [5.74, 6) is 0.373. The standard InChI is InChI=1S/C15H18N2O2S/c1-4-11(3)19-14-9-13(18)16-15(17-14)20-12-7-5-6-10(2)8-12/h5-9,11H,4H2,1-3H3,(H,16,17,18). The quantitative estimate of drug-likeness (QED) is 0.857. The summed E-state index contributed by atoms with van der Waals surface area (Å²) in [7, 11) is 0. The number of aromatic nitrogens is 2. The van der Waals surface area contributed by atoms with E-state index in [1.807, 2.05) is 45.0 Å². The Morgan fingerprint density at radius 3 is 2.90 bits per heavy atom. The highest BCUT2D eigenvalue weighted by Crippen LogP contribution is 2.25. The molecule has 20 heavy (non-hydrogen) atoms. The molecule has 0 fully saturated rings. The summed E-state index contributed by atoms with van der Waals surface area (Å²) in [4.78, 5) is 19.7. The molecule has 1 aromatic carbocycles. The van der Waals surface area contributed by atoms with Crippen molar-refractivity contribution in [2.24, 2.45) is 0 Å². The maximum Gasteiger partial charge on any atom is 0.255 e. The van der Waals surface area contributed by atoms with E-state index in [0.717, 1.165) is 11.3 Å². The van der Waals surface area contributed by atoms with Gasteiger partial charge in [-0.1, -0.05) is 36.4 Å². The number of nitrogens with zero attached hydrogens (tertiary/aromatic N) is 1. The van der Waals surface area contributed by atoms with Crippen LogP contribution in [-0.2, 0) is 0 Å². The second-order valence-electron chi connectivity index (χ2n) is 4.64. The average molecular weight is 290 g/mol. The molecule has 0 bridgehead atoms. The largest absolute Gasteiger partial charge is 0.474 e. The minimum atomic E-state index is -0.201. The van der Waals surface area contributed by atoms with Crippen LogP contribution in [-0.4, -0.2) is 16.1 Å². The third-order valence-corrected chi connectivity index (χ3v) is 3.67. The topological polar surface area (TPSA) is 55.0 Å². The Bertz CT molecular complexity index is 640.